The summed E-state index contributed by atoms with van der Waals surface area (Å²) >= 11 is 0. The van der Waals surface area contributed by atoms with Gasteiger partial charge in [0.05, 0.1) is 23.3 Å². The summed E-state index contributed by atoms with van der Waals surface area (Å²) in [5.41, 5.74) is 1.34. The van der Waals surface area contributed by atoms with Gasteiger partial charge >= 0.3 is 0 Å². The molecule has 0 aliphatic rings. The van der Waals surface area contributed by atoms with Crippen molar-refractivity contribution in [3.63, 3.8) is 0 Å². The third kappa shape index (κ3) is 3.71. The van der Waals surface area contributed by atoms with E-state index in [1.54, 1.807) is 12.1 Å². The number of nitrogens with zero attached hydrogens (tertiary/aromatic N) is 2. The van der Waals surface area contributed by atoms with Crippen LogP contribution >= 0.6 is 0 Å². The molecule has 0 spiro atoms. The van der Waals surface area contributed by atoms with Crippen LogP contribution in [0.4, 0.5) is 0 Å². The number of hydrogen-bond donors (Lipinski definition) is 2. The number of fused-ring (bicyclic) bond motifs is 1. The Bertz CT molecular complexity index is 724. The van der Waals surface area contributed by atoms with Crippen molar-refractivity contribution in [1.29, 1.82) is 0 Å². The minimum atomic E-state index is -0.553. The van der Waals surface area contributed by atoms with E-state index >= 15 is 0 Å². The molecule has 2 N–H and O–H groups in total. The molecule has 6 heteroatoms. The maximum Gasteiger partial charge on any atom is 0.261 e. The first-order chi connectivity index (χ1) is 10.5. The Hall–Kier alpha value is -2.21. The molecule has 0 aliphatic heterocycles. The highest BCUT2D eigenvalue weighted by Crippen LogP contribution is 2.10. The molecule has 0 radical (unpaired) electrons. The van der Waals surface area contributed by atoms with E-state index in [1.165, 1.54) is 10.9 Å². The minimum absolute atomic E-state index is 0.103. The van der Waals surface area contributed by atoms with Gasteiger partial charge in [0, 0.05) is 6.54 Å². The van der Waals surface area contributed by atoms with Crippen LogP contribution in [0.25, 0.3) is 10.9 Å². The van der Waals surface area contributed by atoms with Crippen molar-refractivity contribution in [2.45, 2.75) is 39.3 Å². The molecule has 2 aromatic rings. The van der Waals surface area contributed by atoms with E-state index in [0.717, 1.165) is 12.0 Å². The van der Waals surface area contributed by atoms with Crippen molar-refractivity contribution in [2.24, 2.45) is 0 Å². The molecule has 6 nitrogen and oxygen atoms in total. The SMILES string of the molecule is CCCC(O)CNC(=O)Cn1cnc2c(C)cccc2c1=O. The maximum atomic E-state index is 12.4. The zero-order chi connectivity index (χ0) is 16.1. The van der Waals surface area contributed by atoms with Gasteiger partial charge in [-0.3, -0.25) is 14.2 Å². The monoisotopic (exact) mass is 303 g/mol. The first-order valence-corrected chi connectivity index (χ1v) is 7.42. The fourth-order valence-corrected chi connectivity index (χ4v) is 2.33. The summed E-state index contributed by atoms with van der Waals surface area (Å²) < 4.78 is 1.28. The normalized spacial score (nSPS) is 12.3. The average molecular weight is 303 g/mol. The molecule has 1 amide bonds. The summed E-state index contributed by atoms with van der Waals surface area (Å²) in [7, 11) is 0. The first kappa shape index (κ1) is 16.2. The molecule has 0 saturated carbocycles. The second-order valence-electron chi connectivity index (χ2n) is 5.40. The molecule has 1 unspecified atom stereocenters. The van der Waals surface area contributed by atoms with Crippen molar-refractivity contribution in [1.82, 2.24) is 14.9 Å². The molecule has 0 saturated heterocycles. The van der Waals surface area contributed by atoms with E-state index in [-0.39, 0.29) is 24.6 Å². The number of para-hydroxylation sites is 1. The van der Waals surface area contributed by atoms with E-state index < -0.39 is 6.10 Å². The van der Waals surface area contributed by atoms with Gasteiger partial charge in [0.25, 0.3) is 5.56 Å². The highest BCUT2D eigenvalue weighted by Gasteiger charge is 2.10. The van der Waals surface area contributed by atoms with Gasteiger partial charge in [0.1, 0.15) is 6.54 Å². The van der Waals surface area contributed by atoms with Crippen LogP contribution in [-0.2, 0) is 11.3 Å². The van der Waals surface area contributed by atoms with E-state index in [2.05, 4.69) is 10.3 Å². The van der Waals surface area contributed by atoms with Crippen molar-refractivity contribution in [3.8, 4) is 0 Å². The fraction of sp³-hybridized carbons (Fsp3) is 0.438. The van der Waals surface area contributed by atoms with Crippen molar-refractivity contribution in [2.75, 3.05) is 6.54 Å². The Morgan fingerprint density at radius 1 is 1.45 bits per heavy atom. The number of carbonyl (C=O) groups excluding carboxylic acids is 1. The lowest BCUT2D eigenvalue weighted by Crippen LogP contribution is -2.36. The van der Waals surface area contributed by atoms with Gasteiger partial charge in [0.15, 0.2) is 0 Å². The van der Waals surface area contributed by atoms with Gasteiger partial charge in [-0.15, -0.1) is 0 Å². The summed E-state index contributed by atoms with van der Waals surface area (Å²) in [6.45, 7) is 3.95. The van der Waals surface area contributed by atoms with Crippen LogP contribution in [0.15, 0.2) is 29.3 Å². The third-order valence-electron chi connectivity index (χ3n) is 3.53. The predicted molar refractivity (Wildman–Crippen MR) is 84.7 cm³/mol. The number of aromatic nitrogens is 2. The van der Waals surface area contributed by atoms with Gasteiger partial charge in [-0.2, -0.15) is 0 Å². The number of aliphatic hydroxyl groups is 1. The second-order valence-corrected chi connectivity index (χ2v) is 5.40. The Kier molecular flexibility index (Phi) is 5.27. The lowest BCUT2D eigenvalue weighted by atomic mass is 10.1. The number of rotatable bonds is 6. The number of carbonyl (C=O) groups is 1. The quantitative estimate of drug-likeness (QED) is 0.833. The molecule has 1 heterocycles. The largest absolute Gasteiger partial charge is 0.391 e. The van der Waals surface area contributed by atoms with Crippen LogP contribution in [0.3, 0.4) is 0 Å². The molecule has 22 heavy (non-hydrogen) atoms. The maximum absolute atomic E-state index is 12.4. The van der Waals surface area contributed by atoms with Gasteiger partial charge in [-0.1, -0.05) is 25.5 Å². The summed E-state index contributed by atoms with van der Waals surface area (Å²) in [6, 6.07) is 5.39. The number of aryl methyl sites for hydroxylation is 1. The third-order valence-corrected chi connectivity index (χ3v) is 3.53. The average Bonchev–Trinajstić information content (AvgIpc) is 2.49. The second kappa shape index (κ2) is 7.17. The molecule has 1 atom stereocenters. The van der Waals surface area contributed by atoms with Gasteiger partial charge < -0.3 is 10.4 Å². The first-order valence-electron chi connectivity index (χ1n) is 7.42. The van der Waals surface area contributed by atoms with Gasteiger partial charge in [-0.05, 0) is 25.0 Å². The topological polar surface area (TPSA) is 84.2 Å². The number of aliphatic hydroxyl groups excluding tert-OH is 1. The highest BCUT2D eigenvalue weighted by atomic mass is 16.3. The Morgan fingerprint density at radius 3 is 2.95 bits per heavy atom. The smallest absolute Gasteiger partial charge is 0.261 e. The van der Waals surface area contributed by atoms with E-state index in [4.69, 9.17) is 0 Å². The highest BCUT2D eigenvalue weighted by molar-refractivity contribution is 5.81. The zero-order valence-electron chi connectivity index (χ0n) is 12.9. The fourth-order valence-electron chi connectivity index (χ4n) is 2.33. The molecule has 1 aromatic carbocycles. The number of nitrogens with one attached hydrogen (secondary N) is 1. The summed E-state index contributed by atoms with van der Waals surface area (Å²) in [5, 5.41) is 12.7. The molecule has 0 fully saturated rings. The van der Waals surface area contributed by atoms with E-state index in [9.17, 15) is 14.7 Å². The summed E-state index contributed by atoms with van der Waals surface area (Å²) in [4.78, 5) is 28.5. The van der Waals surface area contributed by atoms with Gasteiger partial charge in [-0.25, -0.2) is 4.98 Å². The lowest BCUT2D eigenvalue weighted by Gasteiger charge is -2.11. The van der Waals surface area contributed by atoms with Crippen LogP contribution in [-0.4, -0.2) is 33.2 Å². The van der Waals surface area contributed by atoms with E-state index in [0.29, 0.717) is 17.3 Å². The number of amides is 1. The molecule has 2 rings (SSSR count). The minimum Gasteiger partial charge on any atom is -0.391 e. The molecule has 0 bridgehead atoms. The standard InChI is InChI=1S/C16H21N3O3/c1-3-5-12(20)8-17-14(21)9-19-10-18-15-11(2)6-4-7-13(15)16(19)22/h4,6-7,10,12,20H,3,5,8-9H2,1-2H3,(H,17,21). The molecule has 118 valence electrons. The number of benzene rings is 1. The van der Waals surface area contributed by atoms with E-state index in [1.807, 2.05) is 19.9 Å². The van der Waals surface area contributed by atoms with Crippen LogP contribution in [0.5, 0.6) is 0 Å². The van der Waals surface area contributed by atoms with Crippen molar-refractivity contribution < 1.29 is 9.90 Å². The van der Waals surface area contributed by atoms with Crippen LogP contribution < -0.4 is 10.9 Å². The van der Waals surface area contributed by atoms with Crippen LogP contribution in [0.2, 0.25) is 0 Å². The Morgan fingerprint density at radius 2 is 2.23 bits per heavy atom. The summed E-state index contributed by atoms with van der Waals surface area (Å²) in [5.74, 6) is -0.314. The van der Waals surface area contributed by atoms with Crippen molar-refractivity contribution >= 4 is 16.8 Å². The number of hydrogen-bond acceptors (Lipinski definition) is 4. The Labute approximate surface area is 128 Å². The Balaban J connectivity index is 2.10. The van der Waals surface area contributed by atoms with Gasteiger partial charge in [0.2, 0.25) is 5.91 Å². The molecule has 1 aromatic heterocycles. The molecular formula is C16H21N3O3. The van der Waals surface area contributed by atoms with Crippen LogP contribution in [0, 0.1) is 6.92 Å². The van der Waals surface area contributed by atoms with Crippen molar-refractivity contribution in [3.05, 3.63) is 40.4 Å². The lowest BCUT2D eigenvalue weighted by molar-refractivity contribution is -0.122. The van der Waals surface area contributed by atoms with Crippen LogP contribution in [0.1, 0.15) is 25.3 Å². The molecule has 0 aliphatic carbocycles. The predicted octanol–water partition coefficient (Wildman–Crippen LogP) is 0.982. The summed E-state index contributed by atoms with van der Waals surface area (Å²) in [6.07, 6.45) is 2.32. The molecular weight excluding hydrogens is 282 g/mol. The zero-order valence-corrected chi connectivity index (χ0v) is 12.9.